The molecular weight excluding hydrogens is 446 g/mol. The van der Waals surface area contributed by atoms with Gasteiger partial charge in [0, 0.05) is 5.56 Å². The molecule has 3 aromatic rings. The van der Waals surface area contributed by atoms with E-state index in [0.29, 0.717) is 13.1 Å². The van der Waals surface area contributed by atoms with Gasteiger partial charge in [-0.25, -0.2) is 10.5 Å². The number of amidine groups is 1. The van der Waals surface area contributed by atoms with Gasteiger partial charge in [-0.1, -0.05) is 48.5 Å². The van der Waals surface area contributed by atoms with Gasteiger partial charge >= 0.3 is 0 Å². The molecule has 1 aliphatic rings. The van der Waals surface area contributed by atoms with Crippen molar-refractivity contribution in [3.63, 3.8) is 0 Å². The van der Waals surface area contributed by atoms with E-state index >= 15 is 0 Å². The van der Waals surface area contributed by atoms with Crippen LogP contribution in [0.3, 0.4) is 0 Å². The zero-order valence-corrected chi connectivity index (χ0v) is 16.6. The third-order valence-corrected chi connectivity index (χ3v) is 4.71. The molecule has 0 atom stereocenters. The molecule has 0 radical (unpaired) electrons. The van der Waals surface area contributed by atoms with E-state index < -0.39 is 0 Å². The van der Waals surface area contributed by atoms with Crippen molar-refractivity contribution < 1.29 is 0 Å². The molecule has 5 nitrogen and oxygen atoms in total. The molecule has 128 valence electrons. The Hall–Kier alpha value is -1.96. The number of para-hydroxylation sites is 1. The van der Waals surface area contributed by atoms with Gasteiger partial charge in [-0.3, -0.25) is 10.0 Å². The van der Waals surface area contributed by atoms with E-state index in [4.69, 9.17) is 10.9 Å². The fraction of sp³-hybridized carbons (Fsp3) is 0.111. The second-order valence-corrected chi connectivity index (χ2v) is 6.32. The maximum atomic E-state index is 6.12. The molecule has 0 unspecified atom stereocenters. The minimum atomic E-state index is 0. The number of halogens is 2. The molecule has 1 aromatic heterocycles. The Morgan fingerprint density at radius 3 is 2.20 bits per heavy atom. The lowest BCUT2D eigenvalue weighted by Gasteiger charge is -2.15. The minimum absolute atomic E-state index is 0. The summed E-state index contributed by atoms with van der Waals surface area (Å²) < 4.78 is 2.80. The Kier molecular flexibility index (Phi) is 5.36. The van der Waals surface area contributed by atoms with Crippen LogP contribution >= 0.6 is 32.9 Å². The zero-order valence-electron chi connectivity index (χ0n) is 13.3. The average molecular weight is 463 g/mol. The van der Waals surface area contributed by atoms with Gasteiger partial charge in [0.25, 0.3) is 0 Å². The second-order valence-electron chi connectivity index (χ2n) is 5.52. The van der Waals surface area contributed by atoms with Crippen LogP contribution in [0.1, 0.15) is 5.69 Å². The van der Waals surface area contributed by atoms with Crippen LogP contribution < -0.4 is 5.84 Å². The fourth-order valence-electron chi connectivity index (χ4n) is 2.80. The lowest BCUT2D eigenvalue weighted by Crippen LogP contribution is -2.36. The van der Waals surface area contributed by atoms with Crippen molar-refractivity contribution in [3.05, 3.63) is 70.8 Å². The quantitative estimate of drug-likeness (QED) is 0.602. The summed E-state index contributed by atoms with van der Waals surface area (Å²) in [5.74, 6) is 6.87. The monoisotopic (exact) mass is 461 g/mol. The van der Waals surface area contributed by atoms with E-state index in [1.165, 1.54) is 0 Å². The van der Waals surface area contributed by atoms with E-state index in [2.05, 4.69) is 20.9 Å². The Morgan fingerprint density at radius 1 is 0.960 bits per heavy atom. The first kappa shape index (κ1) is 17.8. The van der Waals surface area contributed by atoms with Gasteiger partial charge in [0.15, 0.2) is 5.84 Å². The maximum Gasteiger partial charge on any atom is 0.165 e. The highest BCUT2D eigenvalue weighted by Crippen LogP contribution is 2.33. The van der Waals surface area contributed by atoms with E-state index in [-0.39, 0.29) is 17.0 Å². The number of hydrazine groups is 1. The molecule has 0 aliphatic carbocycles. The number of benzene rings is 2. The van der Waals surface area contributed by atoms with Crippen molar-refractivity contribution in [2.24, 2.45) is 10.8 Å². The van der Waals surface area contributed by atoms with Crippen molar-refractivity contribution >= 4 is 38.7 Å². The normalized spacial score (nSPS) is 13.5. The molecule has 0 saturated heterocycles. The van der Waals surface area contributed by atoms with Crippen molar-refractivity contribution in [2.45, 2.75) is 0 Å². The predicted molar refractivity (Wildman–Crippen MR) is 109 cm³/mol. The summed E-state index contributed by atoms with van der Waals surface area (Å²) in [6, 6.07) is 20.1. The third-order valence-electron chi connectivity index (χ3n) is 3.96. The summed E-state index contributed by atoms with van der Waals surface area (Å²) in [6.45, 7) is 1.40. The first-order chi connectivity index (χ1) is 11.8. The number of hydrogen-bond acceptors (Lipinski definition) is 4. The molecule has 2 heterocycles. The van der Waals surface area contributed by atoms with Gasteiger partial charge in [-0.05, 0) is 28.1 Å². The summed E-state index contributed by atoms with van der Waals surface area (Å²) in [6.07, 6.45) is 0. The largest absolute Gasteiger partial charge is 0.291 e. The molecule has 0 fully saturated rings. The summed E-state index contributed by atoms with van der Waals surface area (Å²) in [7, 11) is 0. The fourth-order valence-corrected chi connectivity index (χ4v) is 3.45. The molecule has 25 heavy (non-hydrogen) atoms. The number of hydrogen-bond donors (Lipinski definition) is 1. The van der Waals surface area contributed by atoms with Gasteiger partial charge in [0.1, 0.15) is 11.4 Å². The standard InChI is InChI=1S/C18H16BrN5.BrH/c19-15-16(13-7-3-1-4-8-13)22-24(14-9-5-2-6-10-14)17(15)18-21-11-12-23(18)20;/h1-10H,11-12,20H2;1H. The van der Waals surface area contributed by atoms with Crippen LogP contribution in [0.5, 0.6) is 0 Å². The minimum Gasteiger partial charge on any atom is -0.291 e. The predicted octanol–water partition coefficient (Wildman–Crippen LogP) is 3.82. The molecule has 7 heteroatoms. The molecule has 1 aliphatic heterocycles. The van der Waals surface area contributed by atoms with Crippen LogP contribution in [0.2, 0.25) is 0 Å². The number of aromatic nitrogens is 2. The lowest BCUT2D eigenvalue weighted by atomic mass is 10.1. The summed E-state index contributed by atoms with van der Waals surface area (Å²) in [5, 5.41) is 6.51. The van der Waals surface area contributed by atoms with E-state index in [9.17, 15) is 0 Å². The van der Waals surface area contributed by atoms with Crippen molar-refractivity contribution in [1.29, 1.82) is 0 Å². The molecule has 4 rings (SSSR count). The molecule has 2 N–H and O–H groups in total. The van der Waals surface area contributed by atoms with Crippen molar-refractivity contribution in [2.75, 3.05) is 13.1 Å². The Labute approximate surface area is 165 Å². The zero-order chi connectivity index (χ0) is 16.5. The van der Waals surface area contributed by atoms with Crippen LogP contribution in [0.15, 0.2) is 70.1 Å². The highest BCUT2D eigenvalue weighted by atomic mass is 79.9. The van der Waals surface area contributed by atoms with Crippen LogP contribution in [0, 0.1) is 0 Å². The molecular formula is C18H17Br2N5. The SMILES string of the molecule is Br.NN1CCN=C1c1c(Br)c(-c2ccccc2)nn1-c1ccccc1. The number of nitrogens with two attached hydrogens (primary N) is 1. The van der Waals surface area contributed by atoms with Crippen LogP contribution in [0.4, 0.5) is 0 Å². The van der Waals surface area contributed by atoms with E-state index in [1.54, 1.807) is 5.01 Å². The third kappa shape index (κ3) is 3.27. The topological polar surface area (TPSA) is 59.4 Å². The Balaban J connectivity index is 0.00000182. The number of aliphatic imine (C=N–C) groups is 1. The van der Waals surface area contributed by atoms with Gasteiger partial charge in [-0.15, -0.1) is 17.0 Å². The van der Waals surface area contributed by atoms with Crippen LogP contribution in [-0.4, -0.2) is 33.7 Å². The smallest absolute Gasteiger partial charge is 0.165 e. The maximum absolute atomic E-state index is 6.12. The van der Waals surface area contributed by atoms with Crippen molar-refractivity contribution in [3.8, 4) is 16.9 Å². The van der Waals surface area contributed by atoms with E-state index in [0.717, 1.165) is 32.9 Å². The van der Waals surface area contributed by atoms with Gasteiger partial charge in [0.2, 0.25) is 0 Å². The van der Waals surface area contributed by atoms with Gasteiger partial charge in [0.05, 0.1) is 23.2 Å². The van der Waals surface area contributed by atoms with Crippen LogP contribution in [-0.2, 0) is 0 Å². The molecule has 0 saturated carbocycles. The summed E-state index contributed by atoms with van der Waals surface area (Å²) in [4.78, 5) is 4.57. The highest BCUT2D eigenvalue weighted by molar-refractivity contribution is 9.10. The lowest BCUT2D eigenvalue weighted by molar-refractivity contribution is 0.482. The molecule has 0 spiro atoms. The number of nitrogens with zero attached hydrogens (tertiary/aromatic N) is 4. The van der Waals surface area contributed by atoms with E-state index in [1.807, 2.05) is 65.3 Å². The first-order valence-electron chi connectivity index (χ1n) is 7.72. The average Bonchev–Trinajstić information content (AvgIpc) is 3.19. The molecule has 0 bridgehead atoms. The highest BCUT2D eigenvalue weighted by Gasteiger charge is 2.26. The first-order valence-corrected chi connectivity index (χ1v) is 8.51. The summed E-state index contributed by atoms with van der Waals surface area (Å²) in [5.41, 5.74) is 3.76. The Morgan fingerprint density at radius 2 is 1.60 bits per heavy atom. The second kappa shape index (κ2) is 7.51. The van der Waals surface area contributed by atoms with Gasteiger partial charge < -0.3 is 0 Å². The molecule has 0 amide bonds. The molecule has 2 aromatic carbocycles. The van der Waals surface area contributed by atoms with Crippen molar-refractivity contribution in [1.82, 2.24) is 14.8 Å². The Bertz CT molecular complexity index is 891. The van der Waals surface area contributed by atoms with Gasteiger partial charge in [-0.2, -0.15) is 5.10 Å². The van der Waals surface area contributed by atoms with Crippen LogP contribution in [0.25, 0.3) is 16.9 Å². The number of rotatable bonds is 3. The summed E-state index contributed by atoms with van der Waals surface area (Å²) >= 11 is 3.73.